The highest BCUT2D eigenvalue weighted by Crippen LogP contribution is 2.34. The number of nitrogens with one attached hydrogen (secondary N) is 2. The van der Waals surface area contributed by atoms with E-state index in [-0.39, 0.29) is 33.3 Å². The van der Waals surface area contributed by atoms with Crippen molar-refractivity contribution in [1.82, 2.24) is 44.3 Å². The molecule has 0 bridgehead atoms. The van der Waals surface area contributed by atoms with Crippen molar-refractivity contribution in [3.05, 3.63) is 127 Å². The van der Waals surface area contributed by atoms with Crippen molar-refractivity contribution in [2.45, 2.75) is 6.42 Å². The predicted octanol–water partition coefficient (Wildman–Crippen LogP) is 5.41. The predicted molar refractivity (Wildman–Crippen MR) is 199 cm³/mol. The van der Waals surface area contributed by atoms with Gasteiger partial charge in [-0.25, -0.2) is 15.0 Å². The van der Waals surface area contributed by atoms with E-state index in [1.165, 1.54) is 0 Å². The van der Waals surface area contributed by atoms with Crippen LogP contribution in [-0.2, 0) is 13.5 Å². The second-order valence-corrected chi connectivity index (χ2v) is 12.8. The maximum absolute atomic E-state index is 13.4. The summed E-state index contributed by atoms with van der Waals surface area (Å²) < 4.78 is 3.35. The zero-order chi connectivity index (χ0) is 36.3. The number of nitrogens with two attached hydrogens (primary N) is 2. The fourth-order valence-electron chi connectivity index (χ4n) is 6.13. The molecule has 6 aromatic heterocycles. The molecule has 0 saturated carbocycles. The number of halogens is 2. The highest BCUT2D eigenvalue weighted by molar-refractivity contribution is 6.36. The standard InChI is InChI=1S/C36H24Cl2N12O2/c1-49-7-5-25(48-49)31-29(46-36(52)33(41)45-31)20-11-19-12-22(43-35(51)27(19)23(37)13-20)9-17-4-8-50(16-17)34-30(44-26(15-39)32(40)47-34)21-10-18-3-2-6-42-28(18)24(38)14-21/h2-8,10-14,16H,9H2,1H3,(H2,40,47)(H2,41,45)(H,43,51)(H,46,52). The van der Waals surface area contributed by atoms with Gasteiger partial charge in [-0.15, -0.1) is 0 Å². The second kappa shape index (κ2) is 12.5. The van der Waals surface area contributed by atoms with E-state index in [0.717, 1.165) is 10.9 Å². The average molecular weight is 728 g/mol. The number of anilines is 2. The molecule has 0 aliphatic heterocycles. The van der Waals surface area contributed by atoms with Crippen LogP contribution >= 0.6 is 23.2 Å². The van der Waals surface area contributed by atoms with Crippen molar-refractivity contribution in [3.63, 3.8) is 0 Å². The molecule has 0 aliphatic rings. The third-order valence-electron chi connectivity index (χ3n) is 8.47. The van der Waals surface area contributed by atoms with Crippen LogP contribution in [0, 0.1) is 11.3 Å². The number of nitrogen functional groups attached to an aromatic ring is 2. The lowest BCUT2D eigenvalue weighted by Gasteiger charge is -2.12. The minimum absolute atomic E-state index is 0.0220. The molecule has 0 amide bonds. The maximum atomic E-state index is 13.4. The summed E-state index contributed by atoms with van der Waals surface area (Å²) in [4.78, 5) is 49.5. The van der Waals surface area contributed by atoms with E-state index in [0.29, 0.717) is 67.8 Å². The largest absolute Gasteiger partial charge is 0.381 e. The van der Waals surface area contributed by atoms with E-state index in [9.17, 15) is 14.9 Å². The molecule has 0 saturated heterocycles. The number of nitriles is 1. The van der Waals surface area contributed by atoms with E-state index in [2.05, 4.69) is 35.0 Å². The summed E-state index contributed by atoms with van der Waals surface area (Å²) in [5.74, 6) is 0.142. The Morgan fingerprint density at radius 2 is 1.67 bits per heavy atom. The summed E-state index contributed by atoms with van der Waals surface area (Å²) in [6.45, 7) is 0. The number of hydrogen-bond acceptors (Lipinski definition) is 10. The lowest BCUT2D eigenvalue weighted by Crippen LogP contribution is -2.16. The minimum Gasteiger partial charge on any atom is -0.381 e. The van der Waals surface area contributed by atoms with Crippen LogP contribution < -0.4 is 22.6 Å². The molecule has 16 heteroatoms. The smallest absolute Gasteiger partial charge is 0.290 e. The fourth-order valence-corrected chi connectivity index (χ4v) is 6.72. The fraction of sp³-hybridized carbons (Fsp3) is 0.0556. The maximum Gasteiger partial charge on any atom is 0.290 e. The third kappa shape index (κ3) is 5.69. The van der Waals surface area contributed by atoms with Crippen LogP contribution in [0.4, 0.5) is 11.6 Å². The second-order valence-electron chi connectivity index (χ2n) is 12.0. The topological polar surface area (TPSA) is 216 Å². The van der Waals surface area contributed by atoms with Gasteiger partial charge in [-0.05, 0) is 59.5 Å². The number of H-pyrrole nitrogens is 2. The van der Waals surface area contributed by atoms with Crippen molar-refractivity contribution in [3.8, 4) is 45.8 Å². The quantitative estimate of drug-likeness (QED) is 0.171. The van der Waals surface area contributed by atoms with Gasteiger partial charge in [0.25, 0.3) is 11.1 Å². The third-order valence-corrected chi connectivity index (χ3v) is 9.06. The average Bonchev–Trinajstić information content (AvgIpc) is 3.77. The number of aromatic nitrogens is 9. The molecule has 6 heterocycles. The van der Waals surface area contributed by atoms with E-state index < -0.39 is 5.56 Å². The molecule has 8 rings (SSSR count). The van der Waals surface area contributed by atoms with Gasteiger partial charge in [0.05, 0.1) is 26.6 Å². The minimum atomic E-state index is -0.570. The van der Waals surface area contributed by atoms with Gasteiger partial charge in [-0.2, -0.15) is 10.4 Å². The van der Waals surface area contributed by atoms with E-state index >= 15 is 0 Å². The number of aromatic amines is 2. The molecule has 0 atom stereocenters. The van der Waals surface area contributed by atoms with Gasteiger partial charge in [0, 0.05) is 60.5 Å². The highest BCUT2D eigenvalue weighted by atomic mass is 35.5. The van der Waals surface area contributed by atoms with Crippen molar-refractivity contribution in [2.24, 2.45) is 7.05 Å². The molecule has 0 unspecified atom stereocenters. The first-order valence-electron chi connectivity index (χ1n) is 15.6. The van der Waals surface area contributed by atoms with Crippen LogP contribution in [0.15, 0.2) is 89.0 Å². The Hall–Kier alpha value is -6.82. The molecule has 8 aromatic rings. The normalized spacial score (nSPS) is 11.3. The monoisotopic (exact) mass is 726 g/mol. The van der Waals surface area contributed by atoms with Crippen LogP contribution in [0.1, 0.15) is 17.0 Å². The van der Waals surface area contributed by atoms with Gasteiger partial charge in [0.2, 0.25) is 0 Å². The molecule has 0 aliphatic carbocycles. The SMILES string of the molecule is Cn1ccc(-c2nc(N)c(=O)[nH]c2-c2cc(Cl)c3c(=O)[nH]c(Cc4ccn(-c5nc(N)c(C#N)nc5-c5cc(Cl)c6ncccc6c5)c4)cc3c2)n1. The van der Waals surface area contributed by atoms with E-state index in [1.54, 1.807) is 65.2 Å². The molecular formula is C36H24Cl2N12O2. The van der Waals surface area contributed by atoms with Crippen molar-refractivity contribution >= 4 is 56.5 Å². The first-order chi connectivity index (χ1) is 25.1. The molecule has 254 valence electrons. The molecule has 0 spiro atoms. The number of nitrogens with zero attached hydrogens (tertiary/aromatic N) is 8. The summed E-state index contributed by atoms with van der Waals surface area (Å²) >= 11 is 13.3. The number of hydrogen-bond donors (Lipinski definition) is 4. The van der Waals surface area contributed by atoms with Crippen molar-refractivity contribution in [1.29, 1.82) is 5.26 Å². The lowest BCUT2D eigenvalue weighted by atomic mass is 10.0. The lowest BCUT2D eigenvalue weighted by molar-refractivity contribution is 0.770. The Morgan fingerprint density at radius 1 is 0.865 bits per heavy atom. The number of fused-ring (bicyclic) bond motifs is 2. The number of benzene rings is 2. The van der Waals surface area contributed by atoms with Gasteiger partial charge in [0.15, 0.2) is 23.1 Å². The summed E-state index contributed by atoms with van der Waals surface area (Å²) in [6.07, 6.45) is 7.35. The summed E-state index contributed by atoms with van der Waals surface area (Å²) in [5.41, 5.74) is 15.8. The molecular weight excluding hydrogens is 703 g/mol. The Labute approximate surface area is 303 Å². The van der Waals surface area contributed by atoms with E-state index in [1.807, 2.05) is 36.5 Å². The highest BCUT2D eigenvalue weighted by Gasteiger charge is 2.20. The summed E-state index contributed by atoms with van der Waals surface area (Å²) in [6, 6.07) is 18.1. The van der Waals surface area contributed by atoms with Gasteiger partial charge < -0.3 is 26.0 Å². The van der Waals surface area contributed by atoms with Crippen LogP contribution in [-0.4, -0.2) is 44.3 Å². The Balaban J connectivity index is 1.19. The number of rotatable bonds is 6. The molecule has 2 aromatic carbocycles. The van der Waals surface area contributed by atoms with Crippen molar-refractivity contribution in [2.75, 3.05) is 11.5 Å². The summed E-state index contributed by atoms with van der Waals surface area (Å²) in [7, 11) is 1.76. The van der Waals surface area contributed by atoms with E-state index in [4.69, 9.17) is 34.7 Å². The van der Waals surface area contributed by atoms with Gasteiger partial charge in [-0.1, -0.05) is 29.3 Å². The molecule has 14 nitrogen and oxygen atoms in total. The molecule has 6 N–H and O–H groups in total. The Kier molecular flexibility index (Phi) is 7.79. The zero-order valence-electron chi connectivity index (χ0n) is 27.0. The first-order valence-corrected chi connectivity index (χ1v) is 16.4. The number of aryl methyl sites for hydroxylation is 1. The van der Waals surface area contributed by atoms with Crippen molar-refractivity contribution < 1.29 is 0 Å². The van der Waals surface area contributed by atoms with Crippen LogP contribution in [0.3, 0.4) is 0 Å². The van der Waals surface area contributed by atoms with Gasteiger partial charge >= 0.3 is 0 Å². The molecule has 0 fully saturated rings. The zero-order valence-corrected chi connectivity index (χ0v) is 28.5. The first kappa shape index (κ1) is 32.4. The summed E-state index contributed by atoms with van der Waals surface area (Å²) in [5, 5.41) is 16.3. The van der Waals surface area contributed by atoms with Crippen LogP contribution in [0.2, 0.25) is 10.0 Å². The van der Waals surface area contributed by atoms with Crippen LogP contribution in [0.25, 0.3) is 61.4 Å². The van der Waals surface area contributed by atoms with Crippen LogP contribution in [0.5, 0.6) is 0 Å². The number of pyridine rings is 2. The molecule has 52 heavy (non-hydrogen) atoms. The Bertz CT molecular complexity index is 2920. The Morgan fingerprint density at radius 3 is 2.46 bits per heavy atom. The van der Waals surface area contributed by atoms with Gasteiger partial charge in [0.1, 0.15) is 23.2 Å². The molecule has 0 radical (unpaired) electrons. The van der Waals surface area contributed by atoms with Gasteiger partial charge in [-0.3, -0.25) is 19.3 Å².